The molecule has 1 aliphatic heterocycles. The fraction of sp³-hybridized carbons (Fsp3) is 0.211. The number of hydrazone groups is 1. The monoisotopic (exact) mass is 407 g/mol. The summed E-state index contributed by atoms with van der Waals surface area (Å²) in [7, 11) is 0. The zero-order chi connectivity index (χ0) is 20.3. The molecule has 1 aliphatic rings. The van der Waals surface area contributed by atoms with Gasteiger partial charge in [-0.15, -0.1) is 5.10 Å². The summed E-state index contributed by atoms with van der Waals surface area (Å²) in [5.74, 6) is -0.452. The van der Waals surface area contributed by atoms with E-state index in [9.17, 15) is 18.0 Å². The van der Waals surface area contributed by atoms with E-state index in [0.29, 0.717) is 10.6 Å². The second-order valence-corrected chi connectivity index (χ2v) is 6.34. The number of carbonyl (C=O) groups excluding carboxylic acids is 1. The SMILES string of the molecule is N#CCCN1N=C(c2ccc(Cl)cc2)O[C@H](c2ccc(C(F)(F)F)cc2)C1=O. The minimum absolute atomic E-state index is 0.0346. The van der Waals surface area contributed by atoms with Crippen molar-refractivity contribution in [2.45, 2.75) is 18.7 Å². The largest absolute Gasteiger partial charge is 0.458 e. The van der Waals surface area contributed by atoms with Crippen LogP contribution in [0.4, 0.5) is 13.2 Å². The van der Waals surface area contributed by atoms with Crippen molar-refractivity contribution in [3.63, 3.8) is 0 Å². The molecule has 28 heavy (non-hydrogen) atoms. The molecule has 0 unspecified atom stereocenters. The maximum atomic E-state index is 12.8. The number of ether oxygens (including phenoxy) is 1. The summed E-state index contributed by atoms with van der Waals surface area (Å²) in [5.41, 5.74) is -0.0375. The van der Waals surface area contributed by atoms with Gasteiger partial charge in [0.1, 0.15) is 0 Å². The molecule has 0 N–H and O–H groups in total. The lowest BCUT2D eigenvalue weighted by Gasteiger charge is -2.30. The van der Waals surface area contributed by atoms with Gasteiger partial charge in [0.2, 0.25) is 12.0 Å². The first-order valence-electron chi connectivity index (χ1n) is 8.16. The van der Waals surface area contributed by atoms with Crippen LogP contribution < -0.4 is 0 Å². The first-order valence-corrected chi connectivity index (χ1v) is 8.54. The summed E-state index contributed by atoms with van der Waals surface area (Å²) in [6.45, 7) is 0.0346. The van der Waals surface area contributed by atoms with E-state index in [1.165, 1.54) is 12.1 Å². The predicted molar refractivity (Wildman–Crippen MR) is 95.2 cm³/mol. The van der Waals surface area contributed by atoms with Gasteiger partial charge < -0.3 is 4.74 Å². The maximum absolute atomic E-state index is 12.8. The zero-order valence-electron chi connectivity index (χ0n) is 14.3. The van der Waals surface area contributed by atoms with Gasteiger partial charge in [0.15, 0.2) is 0 Å². The average molecular weight is 408 g/mol. The number of nitrogens with zero attached hydrogens (tertiary/aromatic N) is 3. The number of rotatable bonds is 4. The van der Waals surface area contributed by atoms with Crippen LogP contribution in [0.1, 0.15) is 29.2 Å². The Hall–Kier alpha value is -3.05. The predicted octanol–water partition coefficient (Wildman–Crippen LogP) is 4.53. The number of amides is 1. The van der Waals surface area contributed by atoms with E-state index in [1.807, 2.05) is 6.07 Å². The Balaban J connectivity index is 1.95. The van der Waals surface area contributed by atoms with Crippen molar-refractivity contribution in [3.05, 3.63) is 70.2 Å². The molecule has 0 bridgehead atoms. The highest BCUT2D eigenvalue weighted by molar-refractivity contribution is 6.30. The third kappa shape index (κ3) is 4.26. The third-order valence-corrected chi connectivity index (χ3v) is 4.24. The molecule has 144 valence electrons. The van der Waals surface area contributed by atoms with Crippen molar-refractivity contribution in [1.82, 2.24) is 5.01 Å². The Morgan fingerprint density at radius 3 is 2.36 bits per heavy atom. The Labute approximate surface area is 163 Å². The highest BCUT2D eigenvalue weighted by atomic mass is 35.5. The van der Waals surface area contributed by atoms with Crippen LogP contribution in [0.3, 0.4) is 0 Å². The van der Waals surface area contributed by atoms with Crippen molar-refractivity contribution in [2.24, 2.45) is 5.10 Å². The van der Waals surface area contributed by atoms with Gasteiger partial charge in [-0.3, -0.25) is 4.79 Å². The molecule has 0 aliphatic carbocycles. The first kappa shape index (κ1) is 19.7. The first-order chi connectivity index (χ1) is 13.3. The summed E-state index contributed by atoms with van der Waals surface area (Å²) in [5, 5.41) is 14.5. The number of benzene rings is 2. The lowest BCUT2D eigenvalue weighted by Crippen LogP contribution is -2.39. The molecule has 0 radical (unpaired) electrons. The number of nitriles is 1. The Morgan fingerprint density at radius 1 is 1.14 bits per heavy atom. The van der Waals surface area contributed by atoms with Gasteiger partial charge in [0.25, 0.3) is 5.91 Å². The molecular formula is C19H13ClF3N3O2. The van der Waals surface area contributed by atoms with Gasteiger partial charge in [0, 0.05) is 16.1 Å². The molecule has 1 atom stereocenters. The summed E-state index contributed by atoms with van der Waals surface area (Å²) < 4.78 is 44.1. The lowest BCUT2D eigenvalue weighted by molar-refractivity contribution is -0.142. The fourth-order valence-corrected chi connectivity index (χ4v) is 2.70. The van der Waals surface area contributed by atoms with Crippen LogP contribution in [-0.4, -0.2) is 23.4 Å². The molecule has 0 fully saturated rings. The number of hydrogen-bond acceptors (Lipinski definition) is 4. The molecule has 3 rings (SSSR count). The van der Waals surface area contributed by atoms with Crippen LogP contribution in [0.15, 0.2) is 53.6 Å². The minimum atomic E-state index is -4.48. The van der Waals surface area contributed by atoms with Crippen LogP contribution in [0.5, 0.6) is 0 Å². The molecule has 0 saturated heterocycles. The van der Waals surface area contributed by atoms with Crippen molar-refractivity contribution < 1.29 is 22.7 Å². The van der Waals surface area contributed by atoms with Gasteiger partial charge in [-0.2, -0.15) is 18.4 Å². The van der Waals surface area contributed by atoms with Crippen molar-refractivity contribution >= 4 is 23.4 Å². The van der Waals surface area contributed by atoms with Gasteiger partial charge in [-0.25, -0.2) is 5.01 Å². The molecule has 0 aromatic heterocycles. The molecule has 2 aromatic carbocycles. The summed E-state index contributed by atoms with van der Waals surface area (Å²) in [6.07, 6.45) is -5.61. The molecule has 2 aromatic rings. The summed E-state index contributed by atoms with van der Waals surface area (Å²) in [4.78, 5) is 12.7. The van der Waals surface area contributed by atoms with E-state index >= 15 is 0 Å². The van der Waals surface area contributed by atoms with Crippen LogP contribution in [0.2, 0.25) is 5.02 Å². The highest BCUT2D eigenvalue weighted by Gasteiger charge is 2.35. The van der Waals surface area contributed by atoms with Crippen LogP contribution in [-0.2, 0) is 15.7 Å². The molecule has 0 saturated carbocycles. The smallest absolute Gasteiger partial charge is 0.416 e. The molecule has 1 heterocycles. The van der Waals surface area contributed by atoms with Gasteiger partial charge in [0.05, 0.1) is 24.6 Å². The van der Waals surface area contributed by atoms with E-state index in [-0.39, 0.29) is 24.4 Å². The van der Waals surface area contributed by atoms with E-state index in [0.717, 1.165) is 17.1 Å². The Bertz CT molecular complexity index is 935. The zero-order valence-corrected chi connectivity index (χ0v) is 15.0. The second-order valence-electron chi connectivity index (χ2n) is 5.90. The van der Waals surface area contributed by atoms with Gasteiger partial charge >= 0.3 is 6.18 Å². The van der Waals surface area contributed by atoms with E-state index in [1.54, 1.807) is 24.3 Å². The number of carbonyl (C=O) groups is 1. The standard InChI is InChI=1S/C19H13ClF3N3O2/c20-15-8-4-13(5-9-15)17-25-26(11-1-10-24)18(27)16(28-17)12-2-6-14(7-3-12)19(21,22)23/h2-9,16H,1,11H2/t16-/m1/s1. The normalized spacial score (nSPS) is 17.0. The topological polar surface area (TPSA) is 65.7 Å². The Morgan fingerprint density at radius 2 is 1.79 bits per heavy atom. The molecule has 5 nitrogen and oxygen atoms in total. The van der Waals surface area contributed by atoms with Crippen LogP contribution >= 0.6 is 11.6 Å². The van der Waals surface area contributed by atoms with E-state index < -0.39 is 23.8 Å². The number of halogens is 4. The maximum Gasteiger partial charge on any atom is 0.416 e. The number of alkyl halides is 3. The van der Waals surface area contributed by atoms with Crippen molar-refractivity contribution in [2.75, 3.05) is 6.54 Å². The van der Waals surface area contributed by atoms with E-state index in [4.69, 9.17) is 21.6 Å². The lowest BCUT2D eigenvalue weighted by atomic mass is 10.0. The molecular weight excluding hydrogens is 395 g/mol. The second kappa shape index (κ2) is 7.90. The third-order valence-electron chi connectivity index (χ3n) is 3.99. The van der Waals surface area contributed by atoms with Gasteiger partial charge in [-0.1, -0.05) is 23.7 Å². The fourth-order valence-electron chi connectivity index (χ4n) is 2.57. The van der Waals surface area contributed by atoms with Crippen LogP contribution in [0.25, 0.3) is 0 Å². The van der Waals surface area contributed by atoms with Crippen molar-refractivity contribution in [3.8, 4) is 6.07 Å². The minimum Gasteiger partial charge on any atom is -0.458 e. The number of hydrogen-bond donors (Lipinski definition) is 0. The quantitative estimate of drug-likeness (QED) is 0.747. The van der Waals surface area contributed by atoms with Crippen molar-refractivity contribution in [1.29, 1.82) is 5.26 Å². The van der Waals surface area contributed by atoms with Crippen LogP contribution in [0, 0.1) is 11.3 Å². The molecule has 1 amide bonds. The van der Waals surface area contributed by atoms with Gasteiger partial charge in [-0.05, 0) is 36.4 Å². The average Bonchev–Trinajstić information content (AvgIpc) is 2.67. The molecule has 9 heteroatoms. The van der Waals surface area contributed by atoms with E-state index in [2.05, 4.69) is 5.10 Å². The Kier molecular flexibility index (Phi) is 5.56. The highest BCUT2D eigenvalue weighted by Crippen LogP contribution is 2.32. The molecule has 0 spiro atoms. The summed E-state index contributed by atoms with van der Waals surface area (Å²) in [6, 6.07) is 12.6. The summed E-state index contributed by atoms with van der Waals surface area (Å²) >= 11 is 5.87.